The van der Waals surface area contributed by atoms with Gasteiger partial charge in [0.1, 0.15) is 6.10 Å². The first kappa shape index (κ1) is 16.1. The SMILES string of the molecule is CCCC(Cc1nc(C(CC)OCC)no1)NCC. The molecule has 110 valence electrons. The molecule has 0 aliphatic rings. The molecule has 0 fully saturated rings. The Morgan fingerprint density at radius 2 is 2.05 bits per heavy atom. The van der Waals surface area contributed by atoms with Crippen LogP contribution in [0.15, 0.2) is 4.52 Å². The van der Waals surface area contributed by atoms with Crippen LogP contribution in [0, 0.1) is 0 Å². The summed E-state index contributed by atoms with van der Waals surface area (Å²) in [5, 5.41) is 7.49. The standard InChI is InChI=1S/C14H27N3O2/c1-5-9-11(15-7-3)10-13-16-14(17-19-13)12(6-2)18-8-4/h11-12,15H,5-10H2,1-4H3. The Labute approximate surface area is 116 Å². The Morgan fingerprint density at radius 3 is 2.63 bits per heavy atom. The van der Waals surface area contributed by atoms with Crippen LogP contribution in [0.2, 0.25) is 0 Å². The van der Waals surface area contributed by atoms with Crippen LogP contribution in [0.4, 0.5) is 0 Å². The zero-order chi connectivity index (χ0) is 14.1. The summed E-state index contributed by atoms with van der Waals surface area (Å²) < 4.78 is 10.9. The number of ether oxygens (including phenoxy) is 1. The quantitative estimate of drug-likeness (QED) is 0.707. The molecule has 2 atom stereocenters. The molecule has 2 unspecified atom stereocenters. The maximum absolute atomic E-state index is 5.59. The third-order valence-corrected chi connectivity index (χ3v) is 3.06. The number of hydrogen-bond acceptors (Lipinski definition) is 5. The second-order valence-electron chi connectivity index (χ2n) is 4.65. The van der Waals surface area contributed by atoms with E-state index in [2.05, 4.69) is 36.2 Å². The van der Waals surface area contributed by atoms with E-state index in [-0.39, 0.29) is 6.10 Å². The molecule has 1 N–H and O–H groups in total. The largest absolute Gasteiger partial charge is 0.370 e. The van der Waals surface area contributed by atoms with Gasteiger partial charge in [-0.3, -0.25) is 0 Å². The van der Waals surface area contributed by atoms with E-state index < -0.39 is 0 Å². The van der Waals surface area contributed by atoms with Gasteiger partial charge >= 0.3 is 0 Å². The molecule has 19 heavy (non-hydrogen) atoms. The monoisotopic (exact) mass is 269 g/mol. The lowest BCUT2D eigenvalue weighted by Crippen LogP contribution is -2.30. The first-order chi connectivity index (χ1) is 9.24. The Hall–Kier alpha value is -0.940. The fourth-order valence-corrected chi connectivity index (χ4v) is 2.18. The zero-order valence-electron chi connectivity index (χ0n) is 12.6. The number of nitrogens with zero attached hydrogens (tertiary/aromatic N) is 2. The van der Waals surface area contributed by atoms with Crippen molar-refractivity contribution < 1.29 is 9.26 Å². The lowest BCUT2D eigenvalue weighted by atomic mass is 10.1. The van der Waals surface area contributed by atoms with Gasteiger partial charge in [-0.15, -0.1) is 0 Å². The smallest absolute Gasteiger partial charge is 0.228 e. The zero-order valence-corrected chi connectivity index (χ0v) is 12.6. The maximum atomic E-state index is 5.59. The van der Waals surface area contributed by atoms with Crippen molar-refractivity contribution in [1.29, 1.82) is 0 Å². The van der Waals surface area contributed by atoms with E-state index in [1.807, 2.05) is 6.92 Å². The fourth-order valence-electron chi connectivity index (χ4n) is 2.18. The van der Waals surface area contributed by atoms with E-state index in [0.29, 0.717) is 24.4 Å². The maximum Gasteiger partial charge on any atom is 0.228 e. The molecule has 1 aromatic rings. The summed E-state index contributed by atoms with van der Waals surface area (Å²) in [5.74, 6) is 1.37. The first-order valence-electron chi connectivity index (χ1n) is 7.42. The Bertz CT molecular complexity index is 335. The van der Waals surface area contributed by atoms with E-state index in [1.54, 1.807) is 0 Å². The summed E-state index contributed by atoms with van der Waals surface area (Å²) in [4.78, 5) is 4.46. The van der Waals surface area contributed by atoms with Crippen molar-refractivity contribution in [3.05, 3.63) is 11.7 Å². The molecule has 0 aromatic carbocycles. The van der Waals surface area contributed by atoms with Crippen LogP contribution in [0.1, 0.15) is 64.8 Å². The summed E-state index contributed by atoms with van der Waals surface area (Å²) in [6.07, 6.45) is 3.87. The van der Waals surface area contributed by atoms with Crippen molar-refractivity contribution in [3.63, 3.8) is 0 Å². The van der Waals surface area contributed by atoms with Gasteiger partial charge in [0.2, 0.25) is 11.7 Å². The van der Waals surface area contributed by atoms with Crippen LogP contribution >= 0.6 is 0 Å². The molecular formula is C14H27N3O2. The Balaban J connectivity index is 2.61. The van der Waals surface area contributed by atoms with E-state index in [1.165, 1.54) is 0 Å². The molecule has 1 aromatic heterocycles. The molecule has 0 aliphatic carbocycles. The number of nitrogens with one attached hydrogen (secondary N) is 1. The molecule has 0 aliphatic heterocycles. The average molecular weight is 269 g/mol. The number of aromatic nitrogens is 2. The Morgan fingerprint density at radius 1 is 1.26 bits per heavy atom. The number of hydrogen-bond donors (Lipinski definition) is 1. The molecule has 0 saturated heterocycles. The van der Waals surface area contributed by atoms with Gasteiger partial charge in [0.05, 0.1) is 0 Å². The first-order valence-corrected chi connectivity index (χ1v) is 7.42. The molecule has 5 nitrogen and oxygen atoms in total. The van der Waals surface area contributed by atoms with Crippen LogP contribution in [0.5, 0.6) is 0 Å². The Kier molecular flexibility index (Phi) is 7.67. The van der Waals surface area contributed by atoms with Crippen LogP contribution < -0.4 is 5.32 Å². The minimum Gasteiger partial charge on any atom is -0.370 e. The van der Waals surface area contributed by atoms with Crippen LogP contribution in [0.25, 0.3) is 0 Å². The summed E-state index contributed by atoms with van der Waals surface area (Å²) >= 11 is 0. The van der Waals surface area contributed by atoms with Crippen molar-refractivity contribution in [2.24, 2.45) is 0 Å². The second-order valence-corrected chi connectivity index (χ2v) is 4.65. The highest BCUT2D eigenvalue weighted by Gasteiger charge is 2.18. The highest BCUT2D eigenvalue weighted by atomic mass is 16.5. The van der Waals surface area contributed by atoms with Gasteiger partial charge in [-0.1, -0.05) is 32.3 Å². The molecule has 0 spiro atoms. The van der Waals surface area contributed by atoms with Crippen LogP contribution in [-0.2, 0) is 11.2 Å². The van der Waals surface area contributed by atoms with Gasteiger partial charge in [0, 0.05) is 19.1 Å². The summed E-state index contributed by atoms with van der Waals surface area (Å²) in [5.41, 5.74) is 0. The molecule has 1 heterocycles. The van der Waals surface area contributed by atoms with Gasteiger partial charge < -0.3 is 14.6 Å². The van der Waals surface area contributed by atoms with Gasteiger partial charge in [-0.2, -0.15) is 4.98 Å². The predicted molar refractivity (Wildman–Crippen MR) is 75.0 cm³/mol. The highest BCUT2D eigenvalue weighted by Crippen LogP contribution is 2.18. The van der Waals surface area contributed by atoms with Gasteiger partial charge in [-0.25, -0.2) is 0 Å². The molecule has 5 heteroatoms. The van der Waals surface area contributed by atoms with Gasteiger partial charge in [0.25, 0.3) is 0 Å². The van der Waals surface area contributed by atoms with Crippen LogP contribution in [-0.4, -0.2) is 29.3 Å². The van der Waals surface area contributed by atoms with E-state index in [0.717, 1.165) is 32.2 Å². The van der Waals surface area contributed by atoms with Crippen molar-refractivity contribution in [2.75, 3.05) is 13.2 Å². The molecule has 1 rings (SSSR count). The van der Waals surface area contributed by atoms with Crippen molar-refractivity contribution in [1.82, 2.24) is 15.5 Å². The van der Waals surface area contributed by atoms with Gasteiger partial charge in [0.15, 0.2) is 0 Å². The highest BCUT2D eigenvalue weighted by molar-refractivity contribution is 4.93. The van der Waals surface area contributed by atoms with Gasteiger partial charge in [-0.05, 0) is 26.3 Å². The van der Waals surface area contributed by atoms with E-state index >= 15 is 0 Å². The number of rotatable bonds is 10. The average Bonchev–Trinajstić information content (AvgIpc) is 2.85. The molecule has 0 bridgehead atoms. The number of likely N-dealkylation sites (N-methyl/N-ethyl adjacent to an activating group) is 1. The minimum atomic E-state index is -0.0498. The summed E-state index contributed by atoms with van der Waals surface area (Å²) in [6.45, 7) is 9.97. The molecule has 0 amide bonds. The topological polar surface area (TPSA) is 60.2 Å². The minimum absolute atomic E-state index is 0.0498. The summed E-state index contributed by atoms with van der Waals surface area (Å²) in [6, 6.07) is 0.412. The second kappa shape index (κ2) is 9.04. The van der Waals surface area contributed by atoms with E-state index in [9.17, 15) is 0 Å². The van der Waals surface area contributed by atoms with E-state index in [4.69, 9.17) is 9.26 Å². The van der Waals surface area contributed by atoms with Crippen LogP contribution in [0.3, 0.4) is 0 Å². The normalized spacial score (nSPS) is 14.5. The van der Waals surface area contributed by atoms with Crippen molar-refractivity contribution >= 4 is 0 Å². The lowest BCUT2D eigenvalue weighted by molar-refractivity contribution is 0.0518. The van der Waals surface area contributed by atoms with Crippen molar-refractivity contribution in [2.45, 2.75) is 65.5 Å². The van der Waals surface area contributed by atoms with Crippen molar-refractivity contribution in [3.8, 4) is 0 Å². The summed E-state index contributed by atoms with van der Waals surface area (Å²) in [7, 11) is 0. The molecule has 0 radical (unpaired) electrons. The third-order valence-electron chi connectivity index (χ3n) is 3.06. The third kappa shape index (κ3) is 5.28. The lowest BCUT2D eigenvalue weighted by Gasteiger charge is -2.14. The molecular weight excluding hydrogens is 242 g/mol. The molecule has 0 saturated carbocycles. The predicted octanol–water partition coefficient (Wildman–Crippen LogP) is 2.88. The fraction of sp³-hybridized carbons (Fsp3) is 0.857.